The molecule has 3 heterocycles. The van der Waals surface area contributed by atoms with E-state index in [4.69, 9.17) is 4.74 Å². The van der Waals surface area contributed by atoms with Gasteiger partial charge < -0.3 is 24.8 Å². The van der Waals surface area contributed by atoms with Gasteiger partial charge in [-0.1, -0.05) is 31.0 Å². The van der Waals surface area contributed by atoms with Gasteiger partial charge in [-0.2, -0.15) is 5.26 Å². The van der Waals surface area contributed by atoms with Crippen molar-refractivity contribution in [3.8, 4) is 11.8 Å². The normalized spacial score (nSPS) is 22.5. The largest absolute Gasteiger partial charge is 0.475 e. The molecule has 1 aliphatic carbocycles. The van der Waals surface area contributed by atoms with Gasteiger partial charge in [0.05, 0.1) is 18.1 Å². The van der Waals surface area contributed by atoms with E-state index in [0.29, 0.717) is 18.2 Å². The Balaban J connectivity index is 1.30. The Morgan fingerprint density at radius 2 is 1.98 bits per heavy atom. The highest BCUT2D eigenvalue weighted by Gasteiger charge is 2.55. The van der Waals surface area contributed by atoms with Gasteiger partial charge in [0, 0.05) is 37.0 Å². The zero-order chi connectivity index (χ0) is 29.1. The molecule has 41 heavy (non-hydrogen) atoms. The molecule has 3 aromatic rings. The molecule has 1 aromatic heterocycles. The summed E-state index contributed by atoms with van der Waals surface area (Å²) >= 11 is 0. The Bertz CT molecular complexity index is 1630. The summed E-state index contributed by atoms with van der Waals surface area (Å²) in [7, 11) is 1.39. The van der Waals surface area contributed by atoms with Crippen LogP contribution in [0.5, 0.6) is 5.75 Å². The van der Waals surface area contributed by atoms with Gasteiger partial charge in [0.1, 0.15) is 29.3 Å². The van der Waals surface area contributed by atoms with Crippen LogP contribution in [0.15, 0.2) is 36.4 Å². The molecule has 3 amide bonds. The van der Waals surface area contributed by atoms with Crippen LogP contribution < -0.4 is 10.1 Å². The number of halogens is 3. The second-order valence-corrected chi connectivity index (χ2v) is 10.9. The van der Waals surface area contributed by atoms with Crippen molar-refractivity contribution >= 4 is 28.6 Å². The number of benzene rings is 2. The standard InChI is InChI=1S/C29H26F3N5O4/c1-36(26(38)21-9-18-19(30)10-20(31)24(32)25(18)35-21)22(8-15-6-7-15)27(39)37-14-29(11-17(37)12-33)28(40)34-13-16-4-2-3-5-23(16)41-29/h2-5,9-10,15,17,22,35H,6-8,11,13-14H2,1H3,(H,34,40). The number of fused-ring (bicyclic) bond motifs is 2. The lowest BCUT2D eigenvalue weighted by Gasteiger charge is -2.32. The summed E-state index contributed by atoms with van der Waals surface area (Å²) in [6, 6.07) is 8.69. The van der Waals surface area contributed by atoms with Gasteiger partial charge in [-0.25, -0.2) is 13.2 Å². The highest BCUT2D eigenvalue weighted by molar-refractivity contribution is 6.00. The molecule has 3 atom stereocenters. The van der Waals surface area contributed by atoms with E-state index < -0.39 is 58.4 Å². The number of hydrogen-bond acceptors (Lipinski definition) is 5. The average molecular weight is 566 g/mol. The Morgan fingerprint density at radius 3 is 2.71 bits per heavy atom. The number of nitrogens with zero attached hydrogens (tertiary/aromatic N) is 3. The molecule has 1 saturated carbocycles. The van der Waals surface area contributed by atoms with Crippen LogP contribution in [-0.4, -0.2) is 63.8 Å². The van der Waals surface area contributed by atoms with Crippen molar-refractivity contribution in [1.29, 1.82) is 5.26 Å². The van der Waals surface area contributed by atoms with Crippen molar-refractivity contribution in [1.82, 2.24) is 20.1 Å². The Morgan fingerprint density at radius 1 is 1.22 bits per heavy atom. The van der Waals surface area contributed by atoms with Gasteiger partial charge in [-0.15, -0.1) is 0 Å². The first-order chi connectivity index (χ1) is 19.6. The van der Waals surface area contributed by atoms with Crippen LogP contribution in [-0.2, 0) is 16.1 Å². The maximum atomic E-state index is 14.3. The predicted octanol–water partition coefficient (Wildman–Crippen LogP) is 3.40. The number of para-hydroxylation sites is 1. The van der Waals surface area contributed by atoms with Crippen molar-refractivity contribution in [3.63, 3.8) is 0 Å². The average Bonchev–Trinajstić information content (AvgIpc) is 3.57. The second-order valence-electron chi connectivity index (χ2n) is 10.9. The van der Waals surface area contributed by atoms with Crippen LogP contribution >= 0.6 is 0 Å². The maximum absolute atomic E-state index is 14.3. The lowest BCUT2D eigenvalue weighted by atomic mass is 9.99. The molecule has 3 unspecified atom stereocenters. The van der Waals surface area contributed by atoms with Gasteiger partial charge in [0.25, 0.3) is 11.8 Å². The smallest absolute Gasteiger partial charge is 0.270 e. The van der Waals surface area contributed by atoms with E-state index in [2.05, 4.69) is 16.4 Å². The first kappa shape index (κ1) is 26.7. The monoisotopic (exact) mass is 565 g/mol. The number of carbonyl (C=O) groups excluding carboxylic acids is 3. The summed E-state index contributed by atoms with van der Waals surface area (Å²) in [6.07, 6.45) is 1.97. The van der Waals surface area contributed by atoms with Crippen LogP contribution in [0.1, 0.15) is 41.7 Å². The number of ether oxygens (including phenoxy) is 1. The molecule has 2 aromatic carbocycles. The van der Waals surface area contributed by atoms with Crippen molar-refractivity contribution < 1.29 is 32.3 Å². The zero-order valence-corrected chi connectivity index (χ0v) is 22.0. The fourth-order valence-corrected chi connectivity index (χ4v) is 5.72. The number of amides is 3. The van der Waals surface area contributed by atoms with E-state index in [0.717, 1.165) is 24.5 Å². The fraction of sp³-hybridized carbons (Fsp3) is 0.379. The summed E-state index contributed by atoms with van der Waals surface area (Å²) in [4.78, 5) is 45.7. The molecular weight excluding hydrogens is 539 g/mol. The number of aromatic amines is 1. The second kappa shape index (κ2) is 9.83. The van der Waals surface area contributed by atoms with E-state index in [1.165, 1.54) is 16.8 Å². The first-order valence-corrected chi connectivity index (χ1v) is 13.3. The lowest BCUT2D eigenvalue weighted by molar-refractivity contribution is -0.139. The van der Waals surface area contributed by atoms with Gasteiger partial charge >= 0.3 is 0 Å². The molecule has 0 radical (unpaired) electrons. The first-order valence-electron chi connectivity index (χ1n) is 13.3. The zero-order valence-electron chi connectivity index (χ0n) is 22.0. The number of likely N-dealkylation sites (N-methyl/N-ethyl adjacent to an activating group) is 1. The highest BCUT2D eigenvalue weighted by atomic mass is 19.2. The molecule has 2 aliphatic heterocycles. The van der Waals surface area contributed by atoms with Gasteiger partial charge in [-0.3, -0.25) is 14.4 Å². The molecule has 3 aliphatic rings. The molecule has 212 valence electrons. The number of carbonyl (C=O) groups is 3. The lowest BCUT2D eigenvalue weighted by Crippen LogP contribution is -2.54. The minimum atomic E-state index is -1.49. The number of H-pyrrole nitrogens is 1. The Hall–Kier alpha value is -4.53. The number of likely N-dealkylation sites (tertiary alicyclic amines) is 1. The molecule has 12 heteroatoms. The van der Waals surface area contributed by atoms with Gasteiger partial charge in [0.15, 0.2) is 11.6 Å². The molecule has 2 N–H and O–H groups in total. The number of nitrogens with one attached hydrogen (secondary N) is 2. The van der Waals surface area contributed by atoms with Gasteiger partial charge in [0.2, 0.25) is 11.5 Å². The summed E-state index contributed by atoms with van der Waals surface area (Å²) in [5.41, 5.74) is -1.45. The third-order valence-corrected chi connectivity index (χ3v) is 8.20. The third kappa shape index (κ3) is 4.55. The van der Waals surface area contributed by atoms with Crippen LogP contribution in [0.4, 0.5) is 13.2 Å². The molecule has 0 bridgehead atoms. The Labute approximate surface area is 232 Å². The quantitative estimate of drug-likeness (QED) is 0.460. The highest BCUT2D eigenvalue weighted by Crippen LogP contribution is 2.39. The SMILES string of the molecule is CN(C(=O)c1cc2c(F)cc(F)c(F)c2[nH]1)C(CC1CC1)C(=O)N1CC2(CC1C#N)Oc1ccccc1CNC2=O. The van der Waals surface area contributed by atoms with Crippen LogP contribution in [0.25, 0.3) is 10.9 Å². The van der Waals surface area contributed by atoms with Crippen LogP contribution in [0, 0.1) is 34.7 Å². The summed E-state index contributed by atoms with van der Waals surface area (Å²) in [6.45, 7) is 0.0363. The molecule has 2 fully saturated rings. The van der Waals surface area contributed by atoms with Crippen molar-refractivity contribution in [2.75, 3.05) is 13.6 Å². The minimum Gasteiger partial charge on any atom is -0.475 e. The number of aromatic nitrogens is 1. The fourth-order valence-electron chi connectivity index (χ4n) is 5.72. The van der Waals surface area contributed by atoms with Crippen molar-refractivity contribution in [3.05, 3.63) is 65.1 Å². The summed E-state index contributed by atoms with van der Waals surface area (Å²) < 4.78 is 48.5. The van der Waals surface area contributed by atoms with E-state index in [1.54, 1.807) is 12.1 Å². The van der Waals surface area contributed by atoms with E-state index in [1.807, 2.05) is 12.1 Å². The number of rotatable bonds is 5. The van der Waals surface area contributed by atoms with Crippen LogP contribution in [0.3, 0.4) is 0 Å². The minimum absolute atomic E-state index is 0.0602. The van der Waals surface area contributed by atoms with E-state index in [-0.39, 0.29) is 36.5 Å². The van der Waals surface area contributed by atoms with E-state index >= 15 is 0 Å². The summed E-state index contributed by atoms with van der Waals surface area (Å²) in [5, 5.41) is 12.5. The number of nitriles is 1. The molecule has 1 saturated heterocycles. The summed E-state index contributed by atoms with van der Waals surface area (Å²) in [5.74, 6) is -4.82. The molecule has 6 rings (SSSR count). The Kier molecular flexibility index (Phi) is 6.40. The molecule has 1 spiro atoms. The van der Waals surface area contributed by atoms with Crippen LogP contribution in [0.2, 0.25) is 0 Å². The maximum Gasteiger partial charge on any atom is 0.270 e. The van der Waals surface area contributed by atoms with Crippen molar-refractivity contribution in [2.24, 2.45) is 5.92 Å². The predicted molar refractivity (Wildman–Crippen MR) is 139 cm³/mol. The molecular formula is C29H26F3N5O4. The van der Waals surface area contributed by atoms with E-state index in [9.17, 15) is 32.8 Å². The third-order valence-electron chi connectivity index (χ3n) is 8.20. The molecule has 9 nitrogen and oxygen atoms in total. The number of hydrogen-bond donors (Lipinski definition) is 2. The van der Waals surface area contributed by atoms with Gasteiger partial charge in [-0.05, 0) is 24.5 Å². The van der Waals surface area contributed by atoms with Crippen molar-refractivity contribution in [2.45, 2.75) is 49.9 Å². The topological polar surface area (TPSA) is 119 Å².